The third-order valence-corrected chi connectivity index (χ3v) is 4.87. The lowest BCUT2D eigenvalue weighted by Crippen LogP contribution is -2.37. The van der Waals surface area contributed by atoms with Gasteiger partial charge in [0.1, 0.15) is 0 Å². The van der Waals surface area contributed by atoms with Crippen LogP contribution in [-0.4, -0.2) is 55.8 Å². The number of likely N-dealkylation sites (tertiary alicyclic amines) is 1. The highest BCUT2D eigenvalue weighted by Crippen LogP contribution is 2.41. The summed E-state index contributed by atoms with van der Waals surface area (Å²) in [5.74, 6) is 5.43. The van der Waals surface area contributed by atoms with Crippen LogP contribution in [-0.2, 0) is 4.79 Å². The minimum atomic E-state index is -1.65. The highest BCUT2D eigenvalue weighted by atomic mass is 16.3. The summed E-state index contributed by atoms with van der Waals surface area (Å²) in [7, 11) is 1.64. The van der Waals surface area contributed by atoms with Gasteiger partial charge in [0.05, 0.1) is 0 Å². The van der Waals surface area contributed by atoms with E-state index >= 15 is 0 Å². The summed E-state index contributed by atoms with van der Waals surface area (Å²) in [6.07, 6.45) is 3.92. The second-order valence-electron chi connectivity index (χ2n) is 6.99. The van der Waals surface area contributed by atoms with Gasteiger partial charge in [0.2, 0.25) is 5.60 Å². The predicted molar refractivity (Wildman–Crippen MR) is 95.9 cm³/mol. The molecule has 0 bridgehead atoms. The Bertz CT molecular complexity index is 998. The molecule has 2 aromatic heterocycles. The van der Waals surface area contributed by atoms with Gasteiger partial charge in [0, 0.05) is 43.4 Å². The number of hydrogen-bond donors (Lipinski definition) is 2. The maximum atomic E-state index is 12.0. The maximum Gasteiger partial charge on any atom is 0.269 e. The van der Waals surface area contributed by atoms with Gasteiger partial charge in [-0.15, -0.1) is 0 Å². The predicted octanol–water partition coefficient (Wildman–Crippen LogP) is 0.188. The molecule has 0 radical (unpaired) electrons. The van der Waals surface area contributed by atoms with Crippen molar-refractivity contribution in [2.75, 3.05) is 13.6 Å². The van der Waals surface area contributed by atoms with Crippen molar-refractivity contribution in [3.8, 4) is 17.7 Å². The Balaban J connectivity index is 1.68. The molecule has 1 saturated carbocycles. The van der Waals surface area contributed by atoms with Gasteiger partial charge in [0.25, 0.3) is 11.8 Å². The Hall–Kier alpha value is -3.18. The molecule has 2 fully saturated rings. The van der Waals surface area contributed by atoms with E-state index in [9.17, 15) is 14.7 Å². The topological polar surface area (TPSA) is 114 Å². The largest absolute Gasteiger partial charge is 0.369 e. The zero-order valence-electron chi connectivity index (χ0n) is 14.8. The number of amides is 2. The highest BCUT2D eigenvalue weighted by Gasteiger charge is 2.42. The number of rotatable bonds is 3. The zero-order valence-corrected chi connectivity index (χ0v) is 14.8. The van der Waals surface area contributed by atoms with Crippen molar-refractivity contribution in [3.63, 3.8) is 0 Å². The van der Waals surface area contributed by atoms with Crippen molar-refractivity contribution in [1.82, 2.24) is 19.7 Å². The number of nitrogens with two attached hydrogens (primary N) is 1. The molecular weight excluding hydrogens is 346 g/mol. The van der Waals surface area contributed by atoms with Crippen LogP contribution in [0.25, 0.3) is 5.82 Å². The van der Waals surface area contributed by atoms with Crippen molar-refractivity contribution < 1.29 is 14.7 Å². The van der Waals surface area contributed by atoms with Gasteiger partial charge in [-0.25, -0.2) is 9.67 Å². The summed E-state index contributed by atoms with van der Waals surface area (Å²) in [5, 5.41) is 14.7. The number of primary amides is 1. The minimum Gasteiger partial charge on any atom is -0.369 e. The van der Waals surface area contributed by atoms with Gasteiger partial charge in [0.15, 0.2) is 11.5 Å². The Morgan fingerprint density at radius 3 is 2.81 bits per heavy atom. The zero-order chi connectivity index (χ0) is 19.2. The molecule has 1 saturated heterocycles. The molecule has 2 amide bonds. The molecule has 4 rings (SSSR count). The normalized spacial score (nSPS) is 21.9. The number of hydrogen-bond acceptors (Lipinski definition) is 5. The molecule has 0 unspecified atom stereocenters. The van der Waals surface area contributed by atoms with E-state index in [2.05, 4.69) is 21.9 Å². The van der Waals surface area contributed by atoms with E-state index in [0.717, 1.165) is 18.5 Å². The van der Waals surface area contributed by atoms with E-state index in [1.807, 2.05) is 0 Å². The first-order valence-electron chi connectivity index (χ1n) is 8.75. The molecular formula is C19H19N5O3. The van der Waals surface area contributed by atoms with Gasteiger partial charge in [-0.1, -0.05) is 11.8 Å². The van der Waals surface area contributed by atoms with E-state index in [4.69, 9.17) is 5.73 Å². The Morgan fingerprint density at radius 1 is 1.41 bits per heavy atom. The van der Waals surface area contributed by atoms with Crippen LogP contribution in [0.1, 0.15) is 46.9 Å². The second-order valence-corrected chi connectivity index (χ2v) is 6.99. The Kier molecular flexibility index (Phi) is 3.97. The van der Waals surface area contributed by atoms with Crippen LogP contribution in [0.2, 0.25) is 0 Å². The van der Waals surface area contributed by atoms with Crippen LogP contribution in [0.4, 0.5) is 0 Å². The third kappa shape index (κ3) is 3.17. The van der Waals surface area contributed by atoms with Gasteiger partial charge in [-0.2, -0.15) is 5.10 Å². The summed E-state index contributed by atoms with van der Waals surface area (Å²) in [5.41, 5.74) is 5.39. The average molecular weight is 365 g/mol. The number of aromatic nitrogens is 3. The van der Waals surface area contributed by atoms with Gasteiger partial charge in [-0.3, -0.25) is 9.59 Å². The van der Waals surface area contributed by atoms with Gasteiger partial charge < -0.3 is 15.7 Å². The van der Waals surface area contributed by atoms with E-state index in [0.29, 0.717) is 23.8 Å². The van der Waals surface area contributed by atoms with Crippen LogP contribution >= 0.6 is 0 Å². The van der Waals surface area contributed by atoms with Crippen molar-refractivity contribution in [1.29, 1.82) is 0 Å². The standard InChI is InChI=1S/C19H19N5O3/c1-23-9-7-19(27,18(23)26)6-4-12-5-8-21-16(10-12)24-15(13-2-3-13)11-14(22-24)17(20)25/h5,8,10-11,13,27H,2-3,7,9H2,1H3,(H2,20,25)/t19-/m0/s1. The first kappa shape index (κ1) is 17.2. The number of aliphatic hydroxyl groups is 1. The monoisotopic (exact) mass is 365 g/mol. The molecule has 0 aromatic carbocycles. The molecule has 1 aliphatic heterocycles. The number of nitrogens with zero attached hydrogens (tertiary/aromatic N) is 4. The van der Waals surface area contributed by atoms with Crippen LogP contribution in [0.15, 0.2) is 24.4 Å². The molecule has 27 heavy (non-hydrogen) atoms. The molecule has 138 valence electrons. The van der Waals surface area contributed by atoms with Crippen molar-refractivity contribution in [2.24, 2.45) is 5.73 Å². The fourth-order valence-corrected chi connectivity index (χ4v) is 3.13. The summed E-state index contributed by atoms with van der Waals surface area (Å²) in [4.78, 5) is 29.3. The summed E-state index contributed by atoms with van der Waals surface area (Å²) < 4.78 is 1.62. The van der Waals surface area contributed by atoms with Crippen LogP contribution in [0, 0.1) is 11.8 Å². The summed E-state index contributed by atoms with van der Waals surface area (Å²) >= 11 is 0. The fraction of sp³-hybridized carbons (Fsp3) is 0.368. The number of carbonyl (C=O) groups excluding carboxylic acids is 2. The minimum absolute atomic E-state index is 0.198. The molecule has 8 nitrogen and oxygen atoms in total. The lowest BCUT2D eigenvalue weighted by molar-refractivity contribution is -0.137. The van der Waals surface area contributed by atoms with Crippen LogP contribution in [0.5, 0.6) is 0 Å². The van der Waals surface area contributed by atoms with Gasteiger partial charge >= 0.3 is 0 Å². The lowest BCUT2D eigenvalue weighted by Gasteiger charge is -2.13. The maximum absolute atomic E-state index is 12.0. The summed E-state index contributed by atoms with van der Waals surface area (Å²) in [6, 6.07) is 5.11. The smallest absolute Gasteiger partial charge is 0.269 e. The molecule has 3 N–H and O–H groups in total. The van der Waals surface area contributed by atoms with Crippen LogP contribution < -0.4 is 5.73 Å². The summed E-state index contributed by atoms with van der Waals surface area (Å²) in [6.45, 7) is 0.472. The molecule has 1 aliphatic carbocycles. The third-order valence-electron chi connectivity index (χ3n) is 4.87. The van der Waals surface area contributed by atoms with Crippen LogP contribution in [0.3, 0.4) is 0 Å². The van der Waals surface area contributed by atoms with Crippen molar-refractivity contribution in [3.05, 3.63) is 41.3 Å². The number of pyridine rings is 1. The second kappa shape index (κ2) is 6.21. The van der Waals surface area contributed by atoms with E-state index < -0.39 is 17.4 Å². The molecule has 1 atom stereocenters. The highest BCUT2D eigenvalue weighted by molar-refractivity contribution is 5.91. The molecule has 0 spiro atoms. The first-order valence-corrected chi connectivity index (χ1v) is 8.75. The molecule has 2 aliphatic rings. The van der Waals surface area contributed by atoms with E-state index in [1.165, 1.54) is 4.90 Å². The average Bonchev–Trinajstić information content (AvgIpc) is 3.35. The first-order chi connectivity index (χ1) is 12.9. The molecule has 8 heteroatoms. The number of carbonyl (C=O) groups is 2. The Labute approximate surface area is 156 Å². The quantitative estimate of drug-likeness (QED) is 0.754. The van der Waals surface area contributed by atoms with E-state index in [1.54, 1.807) is 36.1 Å². The lowest BCUT2D eigenvalue weighted by atomic mass is 10.0. The number of likely N-dealkylation sites (N-methyl/N-ethyl adjacent to an activating group) is 1. The molecule has 3 heterocycles. The fourth-order valence-electron chi connectivity index (χ4n) is 3.13. The van der Waals surface area contributed by atoms with Gasteiger partial charge in [-0.05, 0) is 31.0 Å². The van der Waals surface area contributed by atoms with E-state index in [-0.39, 0.29) is 12.1 Å². The Morgan fingerprint density at radius 2 is 2.19 bits per heavy atom. The van der Waals surface area contributed by atoms with Crippen molar-refractivity contribution in [2.45, 2.75) is 30.8 Å². The SMILES string of the molecule is CN1CC[C@@](O)(C#Cc2ccnc(-n3nc(C(N)=O)cc3C3CC3)c2)C1=O. The van der Waals surface area contributed by atoms with Crippen molar-refractivity contribution >= 4 is 11.8 Å². The molecule has 2 aromatic rings.